The average molecular weight is 213 g/mol. The SMILES string of the molecule is COc1c(C(=O)O)sc2c1CCNC2. The van der Waals surface area contributed by atoms with Gasteiger partial charge in [-0.15, -0.1) is 11.3 Å². The first-order valence-electron chi connectivity index (χ1n) is 4.36. The number of ether oxygens (including phenoxy) is 1. The van der Waals surface area contributed by atoms with E-state index in [2.05, 4.69) is 5.32 Å². The number of methoxy groups -OCH3 is 1. The Morgan fingerprint density at radius 2 is 2.43 bits per heavy atom. The van der Waals surface area contributed by atoms with Crippen molar-refractivity contribution >= 4 is 17.3 Å². The van der Waals surface area contributed by atoms with Crippen LogP contribution in [0.5, 0.6) is 5.75 Å². The molecule has 0 aromatic carbocycles. The van der Waals surface area contributed by atoms with Crippen LogP contribution in [0.1, 0.15) is 20.1 Å². The summed E-state index contributed by atoms with van der Waals surface area (Å²) in [5.41, 5.74) is 1.06. The molecule has 0 radical (unpaired) electrons. The zero-order valence-electron chi connectivity index (χ0n) is 7.79. The van der Waals surface area contributed by atoms with Crippen LogP contribution < -0.4 is 10.1 Å². The molecule has 0 saturated carbocycles. The second kappa shape index (κ2) is 3.59. The molecule has 76 valence electrons. The number of hydrogen-bond donors (Lipinski definition) is 2. The molecule has 0 spiro atoms. The number of carboxylic acid groups (broad SMARTS) is 1. The van der Waals surface area contributed by atoms with Gasteiger partial charge in [-0.2, -0.15) is 0 Å². The van der Waals surface area contributed by atoms with E-state index >= 15 is 0 Å². The van der Waals surface area contributed by atoms with Crippen molar-refractivity contribution in [3.8, 4) is 5.75 Å². The Labute approximate surface area is 85.5 Å². The molecule has 1 aliphatic heterocycles. The van der Waals surface area contributed by atoms with Crippen molar-refractivity contribution in [3.05, 3.63) is 15.3 Å². The van der Waals surface area contributed by atoms with Crippen molar-refractivity contribution in [1.82, 2.24) is 5.32 Å². The second-order valence-electron chi connectivity index (χ2n) is 3.10. The van der Waals surface area contributed by atoms with E-state index < -0.39 is 5.97 Å². The first-order valence-corrected chi connectivity index (χ1v) is 5.18. The predicted octanol–water partition coefficient (Wildman–Crippen LogP) is 1.10. The van der Waals surface area contributed by atoms with Gasteiger partial charge in [0.1, 0.15) is 5.75 Å². The van der Waals surface area contributed by atoms with Crippen molar-refractivity contribution in [1.29, 1.82) is 0 Å². The molecule has 0 amide bonds. The Kier molecular flexibility index (Phi) is 2.43. The molecule has 0 fully saturated rings. The summed E-state index contributed by atoms with van der Waals surface area (Å²) in [6.45, 7) is 1.64. The Hall–Kier alpha value is -1.07. The van der Waals surface area contributed by atoms with Crippen LogP contribution in [0.4, 0.5) is 0 Å². The highest BCUT2D eigenvalue weighted by atomic mass is 32.1. The molecule has 14 heavy (non-hydrogen) atoms. The Bertz CT molecular complexity index is 372. The fraction of sp³-hybridized carbons (Fsp3) is 0.444. The lowest BCUT2D eigenvalue weighted by molar-refractivity contribution is 0.0699. The van der Waals surface area contributed by atoms with Gasteiger partial charge in [0, 0.05) is 17.0 Å². The number of thiophene rings is 1. The van der Waals surface area contributed by atoms with Gasteiger partial charge in [0.05, 0.1) is 7.11 Å². The van der Waals surface area contributed by atoms with Crippen molar-refractivity contribution in [2.45, 2.75) is 13.0 Å². The fourth-order valence-electron chi connectivity index (χ4n) is 1.66. The molecule has 2 N–H and O–H groups in total. The zero-order valence-corrected chi connectivity index (χ0v) is 8.61. The normalized spacial score (nSPS) is 14.9. The minimum Gasteiger partial charge on any atom is -0.495 e. The van der Waals surface area contributed by atoms with E-state index in [-0.39, 0.29) is 0 Å². The summed E-state index contributed by atoms with van der Waals surface area (Å²) in [4.78, 5) is 12.3. The third-order valence-corrected chi connectivity index (χ3v) is 3.48. The lowest BCUT2D eigenvalue weighted by Crippen LogP contribution is -2.22. The van der Waals surface area contributed by atoms with Crippen LogP contribution in [0.3, 0.4) is 0 Å². The maximum Gasteiger partial charge on any atom is 0.349 e. The summed E-state index contributed by atoms with van der Waals surface area (Å²) in [6, 6.07) is 0. The highest BCUT2D eigenvalue weighted by Crippen LogP contribution is 2.36. The smallest absolute Gasteiger partial charge is 0.349 e. The van der Waals surface area contributed by atoms with Gasteiger partial charge in [-0.1, -0.05) is 0 Å². The highest BCUT2D eigenvalue weighted by molar-refractivity contribution is 7.14. The summed E-state index contributed by atoms with van der Waals surface area (Å²) < 4.78 is 5.15. The minimum atomic E-state index is -0.902. The Balaban J connectivity index is 2.51. The molecule has 2 heterocycles. The number of rotatable bonds is 2. The maximum absolute atomic E-state index is 10.9. The topological polar surface area (TPSA) is 58.6 Å². The average Bonchev–Trinajstić information content (AvgIpc) is 2.56. The number of carbonyl (C=O) groups is 1. The summed E-state index contributed by atoms with van der Waals surface area (Å²) in [5, 5.41) is 12.2. The van der Waals surface area contributed by atoms with Gasteiger partial charge < -0.3 is 15.2 Å². The summed E-state index contributed by atoms with van der Waals surface area (Å²) in [6.07, 6.45) is 0.849. The van der Waals surface area contributed by atoms with E-state index in [1.807, 2.05) is 0 Å². The summed E-state index contributed by atoms with van der Waals surface area (Å²) in [5.74, 6) is -0.347. The molecule has 0 aliphatic carbocycles. The third kappa shape index (κ3) is 1.38. The molecule has 1 aromatic rings. The van der Waals surface area contributed by atoms with Crippen LogP contribution in [-0.2, 0) is 13.0 Å². The van der Waals surface area contributed by atoms with Gasteiger partial charge in [0.2, 0.25) is 0 Å². The number of fused-ring (bicyclic) bond motifs is 1. The van der Waals surface area contributed by atoms with Crippen molar-refractivity contribution in [3.63, 3.8) is 0 Å². The van der Waals surface area contributed by atoms with Crippen molar-refractivity contribution in [2.75, 3.05) is 13.7 Å². The lowest BCUT2D eigenvalue weighted by Gasteiger charge is -2.13. The van der Waals surface area contributed by atoms with Crippen LogP contribution in [0.15, 0.2) is 0 Å². The van der Waals surface area contributed by atoms with E-state index in [9.17, 15) is 4.79 Å². The molecule has 1 aliphatic rings. The van der Waals surface area contributed by atoms with Gasteiger partial charge in [-0.05, 0) is 13.0 Å². The fourth-order valence-corrected chi connectivity index (χ4v) is 2.79. The molecule has 0 atom stereocenters. The van der Waals surface area contributed by atoms with E-state index in [0.717, 1.165) is 30.0 Å². The predicted molar refractivity (Wildman–Crippen MR) is 53.2 cm³/mol. The van der Waals surface area contributed by atoms with Gasteiger partial charge in [-0.3, -0.25) is 0 Å². The molecular weight excluding hydrogens is 202 g/mol. The van der Waals surface area contributed by atoms with E-state index in [0.29, 0.717) is 10.6 Å². The van der Waals surface area contributed by atoms with Gasteiger partial charge >= 0.3 is 5.97 Å². The molecule has 0 saturated heterocycles. The van der Waals surface area contributed by atoms with Crippen LogP contribution in [-0.4, -0.2) is 24.7 Å². The summed E-state index contributed by atoms with van der Waals surface area (Å²) in [7, 11) is 1.52. The summed E-state index contributed by atoms with van der Waals surface area (Å²) >= 11 is 1.31. The molecule has 2 rings (SSSR count). The van der Waals surface area contributed by atoms with Gasteiger partial charge in [0.15, 0.2) is 4.88 Å². The van der Waals surface area contributed by atoms with Crippen molar-refractivity contribution < 1.29 is 14.6 Å². The molecule has 0 unspecified atom stereocenters. The van der Waals surface area contributed by atoms with Crippen LogP contribution in [0, 0.1) is 0 Å². The van der Waals surface area contributed by atoms with E-state index in [1.165, 1.54) is 18.4 Å². The molecule has 0 bridgehead atoms. The number of nitrogens with one attached hydrogen (secondary N) is 1. The zero-order chi connectivity index (χ0) is 10.1. The van der Waals surface area contributed by atoms with Crippen molar-refractivity contribution in [2.24, 2.45) is 0 Å². The Morgan fingerprint density at radius 1 is 1.64 bits per heavy atom. The molecule has 4 nitrogen and oxygen atoms in total. The first kappa shape index (κ1) is 9.48. The molecule has 1 aromatic heterocycles. The lowest BCUT2D eigenvalue weighted by atomic mass is 10.1. The minimum absolute atomic E-state index is 0.321. The standard InChI is InChI=1S/C9H11NO3S/c1-13-7-5-2-3-10-4-6(5)14-8(7)9(11)12/h10H,2-4H2,1H3,(H,11,12). The third-order valence-electron chi connectivity index (χ3n) is 2.28. The van der Waals surface area contributed by atoms with E-state index in [4.69, 9.17) is 9.84 Å². The van der Waals surface area contributed by atoms with Crippen LogP contribution >= 0.6 is 11.3 Å². The van der Waals surface area contributed by atoms with Crippen LogP contribution in [0.25, 0.3) is 0 Å². The van der Waals surface area contributed by atoms with Crippen LogP contribution in [0.2, 0.25) is 0 Å². The van der Waals surface area contributed by atoms with Gasteiger partial charge in [0.25, 0.3) is 0 Å². The Morgan fingerprint density at radius 3 is 3.07 bits per heavy atom. The number of aromatic carboxylic acids is 1. The monoisotopic (exact) mass is 213 g/mol. The largest absolute Gasteiger partial charge is 0.495 e. The second-order valence-corrected chi connectivity index (χ2v) is 4.20. The number of carboxylic acids is 1. The quantitative estimate of drug-likeness (QED) is 0.772. The number of hydrogen-bond acceptors (Lipinski definition) is 4. The molecular formula is C9H11NO3S. The highest BCUT2D eigenvalue weighted by Gasteiger charge is 2.24. The van der Waals surface area contributed by atoms with Gasteiger partial charge in [-0.25, -0.2) is 4.79 Å². The maximum atomic E-state index is 10.9. The first-order chi connectivity index (χ1) is 6.74. The van der Waals surface area contributed by atoms with E-state index in [1.54, 1.807) is 0 Å². The molecule has 5 heteroatoms.